The Balaban J connectivity index is 2.14. The van der Waals surface area contributed by atoms with Gasteiger partial charge in [0.05, 0.1) is 9.82 Å². The van der Waals surface area contributed by atoms with Gasteiger partial charge in [0, 0.05) is 31.3 Å². The summed E-state index contributed by atoms with van der Waals surface area (Å²) in [5, 5.41) is 10.9. The number of sulfonamides is 1. The van der Waals surface area contributed by atoms with Gasteiger partial charge in [0.25, 0.3) is 17.5 Å². The molecule has 148 valence electrons. The van der Waals surface area contributed by atoms with Crippen LogP contribution in [0.3, 0.4) is 0 Å². The van der Waals surface area contributed by atoms with Crippen molar-refractivity contribution in [2.45, 2.75) is 4.90 Å². The molecule has 0 aliphatic carbocycles. The quantitative estimate of drug-likeness (QED) is 0.369. The number of nitro benzene ring substituents is 1. The van der Waals surface area contributed by atoms with E-state index in [4.69, 9.17) is 5.73 Å². The lowest BCUT2D eigenvalue weighted by atomic mass is 10.1. The third kappa shape index (κ3) is 4.42. The molecule has 0 radical (unpaired) electrons. The molecule has 0 bridgehead atoms. The zero-order chi connectivity index (χ0) is 21.1. The van der Waals surface area contributed by atoms with Crippen LogP contribution in [0.15, 0.2) is 47.4 Å². The lowest BCUT2D eigenvalue weighted by Crippen LogP contribution is -2.41. The zero-order valence-electron chi connectivity index (χ0n) is 14.9. The third-order valence-electron chi connectivity index (χ3n) is 3.65. The molecule has 0 spiro atoms. The van der Waals surface area contributed by atoms with E-state index >= 15 is 0 Å². The first kappa shape index (κ1) is 20.8. The van der Waals surface area contributed by atoms with Gasteiger partial charge in [0.2, 0.25) is 10.0 Å². The maximum Gasteiger partial charge on any atom is 0.292 e. The van der Waals surface area contributed by atoms with Crippen LogP contribution in [0.1, 0.15) is 20.7 Å². The monoisotopic (exact) mass is 407 g/mol. The molecule has 0 aliphatic heterocycles. The minimum Gasteiger partial charge on any atom is -0.393 e. The smallest absolute Gasteiger partial charge is 0.292 e. The van der Waals surface area contributed by atoms with Crippen molar-refractivity contribution in [1.29, 1.82) is 0 Å². The number of hydrogen-bond donors (Lipinski definition) is 3. The second kappa shape index (κ2) is 8.02. The van der Waals surface area contributed by atoms with E-state index in [0.717, 1.165) is 16.4 Å². The number of rotatable bonds is 5. The molecule has 0 unspecified atom stereocenters. The van der Waals surface area contributed by atoms with Crippen LogP contribution in [0.5, 0.6) is 0 Å². The molecule has 28 heavy (non-hydrogen) atoms. The molecule has 0 aliphatic rings. The summed E-state index contributed by atoms with van der Waals surface area (Å²) in [6, 6.07) is 8.67. The zero-order valence-corrected chi connectivity index (χ0v) is 15.7. The van der Waals surface area contributed by atoms with Gasteiger partial charge in [-0.25, -0.2) is 12.7 Å². The van der Waals surface area contributed by atoms with Crippen LogP contribution in [0, 0.1) is 10.1 Å². The molecule has 2 aromatic rings. The number of amides is 2. The molecule has 11 nitrogen and oxygen atoms in total. The Kier molecular flexibility index (Phi) is 5.96. The Morgan fingerprint density at radius 3 is 2.14 bits per heavy atom. The van der Waals surface area contributed by atoms with Gasteiger partial charge in [-0.1, -0.05) is 6.07 Å². The van der Waals surface area contributed by atoms with E-state index in [2.05, 4.69) is 10.9 Å². The van der Waals surface area contributed by atoms with Crippen LogP contribution in [-0.2, 0) is 10.0 Å². The van der Waals surface area contributed by atoms with Crippen LogP contribution in [-0.4, -0.2) is 43.6 Å². The molecule has 12 heteroatoms. The molecular formula is C16H17N5O6S. The SMILES string of the molecule is CN(C)S(=O)(=O)c1cccc(C(=O)NNC(=O)c2ccc(N)c([N+](=O)[O-])c2)c1. The predicted octanol–water partition coefficient (Wildman–Crippen LogP) is 0.502. The first-order chi connectivity index (χ1) is 13.0. The fraction of sp³-hybridized carbons (Fsp3) is 0.125. The van der Waals surface area contributed by atoms with Crippen molar-refractivity contribution in [3.05, 3.63) is 63.7 Å². The molecule has 0 saturated carbocycles. The summed E-state index contributed by atoms with van der Waals surface area (Å²) < 4.78 is 25.3. The highest BCUT2D eigenvalue weighted by atomic mass is 32.2. The number of nitrogen functional groups attached to an aromatic ring is 1. The predicted molar refractivity (Wildman–Crippen MR) is 99.8 cm³/mol. The minimum absolute atomic E-state index is 0.00786. The minimum atomic E-state index is -3.73. The van der Waals surface area contributed by atoms with Crippen molar-refractivity contribution in [2.75, 3.05) is 19.8 Å². The van der Waals surface area contributed by atoms with Gasteiger partial charge < -0.3 is 5.73 Å². The van der Waals surface area contributed by atoms with Crippen LogP contribution in [0.25, 0.3) is 0 Å². The highest BCUT2D eigenvalue weighted by Crippen LogP contribution is 2.22. The highest BCUT2D eigenvalue weighted by molar-refractivity contribution is 7.89. The number of benzene rings is 2. The Hall–Kier alpha value is -3.51. The number of nitrogens with one attached hydrogen (secondary N) is 2. The van der Waals surface area contributed by atoms with Crippen LogP contribution < -0.4 is 16.6 Å². The molecule has 4 N–H and O–H groups in total. The summed E-state index contributed by atoms with van der Waals surface area (Å²) >= 11 is 0. The number of anilines is 1. The molecule has 2 rings (SSSR count). The van der Waals surface area contributed by atoms with Gasteiger partial charge in [0.15, 0.2) is 0 Å². The maximum atomic E-state index is 12.2. The molecular weight excluding hydrogens is 390 g/mol. The van der Waals surface area contributed by atoms with E-state index in [0.29, 0.717) is 0 Å². The molecule has 0 fully saturated rings. The summed E-state index contributed by atoms with van der Waals surface area (Å²) in [7, 11) is -1.02. The second-order valence-corrected chi connectivity index (χ2v) is 7.91. The lowest BCUT2D eigenvalue weighted by molar-refractivity contribution is -0.383. The average Bonchev–Trinajstić information content (AvgIpc) is 2.65. The number of hydrazine groups is 1. The van der Waals surface area contributed by atoms with Gasteiger partial charge in [-0.3, -0.25) is 30.6 Å². The Bertz CT molecular complexity index is 1050. The molecule has 2 aromatic carbocycles. The number of nitro groups is 1. The first-order valence-electron chi connectivity index (χ1n) is 7.71. The molecule has 2 amide bonds. The molecule has 0 atom stereocenters. The van der Waals surface area contributed by atoms with Crippen molar-refractivity contribution in [2.24, 2.45) is 0 Å². The van der Waals surface area contributed by atoms with E-state index in [1.165, 1.54) is 44.4 Å². The highest BCUT2D eigenvalue weighted by Gasteiger charge is 2.19. The van der Waals surface area contributed by atoms with E-state index in [1.807, 2.05) is 0 Å². The Labute approximate surface area is 160 Å². The number of nitrogens with two attached hydrogens (primary N) is 1. The van der Waals surface area contributed by atoms with E-state index < -0.39 is 32.4 Å². The standard InChI is InChI=1S/C16H17N5O6S/c1-20(2)28(26,27)12-5-3-4-10(8-12)15(22)18-19-16(23)11-6-7-13(17)14(9-11)21(24)25/h3-9H,17H2,1-2H3,(H,18,22)(H,19,23). The van der Waals surface area contributed by atoms with Gasteiger partial charge in [-0.05, 0) is 30.3 Å². The number of nitrogens with zero attached hydrogens (tertiary/aromatic N) is 2. The van der Waals surface area contributed by atoms with Crippen molar-refractivity contribution < 1.29 is 22.9 Å². The summed E-state index contributed by atoms with van der Waals surface area (Å²) in [5.74, 6) is -1.58. The molecule has 0 heterocycles. The summed E-state index contributed by atoms with van der Waals surface area (Å²) in [5.41, 5.74) is 9.03. The Morgan fingerprint density at radius 1 is 1.04 bits per heavy atom. The number of carbonyl (C=O) groups is 2. The van der Waals surface area contributed by atoms with E-state index in [1.54, 1.807) is 0 Å². The average molecular weight is 407 g/mol. The topological polar surface area (TPSA) is 165 Å². The largest absolute Gasteiger partial charge is 0.393 e. The second-order valence-electron chi connectivity index (χ2n) is 5.75. The van der Waals surface area contributed by atoms with Crippen LogP contribution >= 0.6 is 0 Å². The first-order valence-corrected chi connectivity index (χ1v) is 9.15. The molecule has 0 saturated heterocycles. The van der Waals surface area contributed by atoms with Gasteiger partial charge in [-0.15, -0.1) is 0 Å². The van der Waals surface area contributed by atoms with Crippen molar-refractivity contribution in [3.8, 4) is 0 Å². The fourth-order valence-corrected chi connectivity index (χ4v) is 3.06. The normalized spacial score (nSPS) is 11.1. The van der Waals surface area contributed by atoms with Crippen molar-refractivity contribution in [3.63, 3.8) is 0 Å². The number of carbonyl (C=O) groups excluding carboxylic acids is 2. The fourth-order valence-electron chi connectivity index (χ4n) is 2.11. The van der Waals surface area contributed by atoms with E-state index in [9.17, 15) is 28.1 Å². The lowest BCUT2D eigenvalue weighted by Gasteiger charge is -2.12. The summed E-state index contributed by atoms with van der Waals surface area (Å²) in [4.78, 5) is 34.3. The summed E-state index contributed by atoms with van der Waals surface area (Å²) in [6.07, 6.45) is 0. The van der Waals surface area contributed by atoms with Crippen LogP contribution in [0.2, 0.25) is 0 Å². The van der Waals surface area contributed by atoms with Gasteiger partial charge in [-0.2, -0.15) is 0 Å². The van der Waals surface area contributed by atoms with E-state index in [-0.39, 0.29) is 21.7 Å². The van der Waals surface area contributed by atoms with Gasteiger partial charge >= 0.3 is 0 Å². The number of hydrogen-bond acceptors (Lipinski definition) is 7. The van der Waals surface area contributed by atoms with Crippen molar-refractivity contribution in [1.82, 2.24) is 15.2 Å². The Morgan fingerprint density at radius 2 is 1.61 bits per heavy atom. The summed E-state index contributed by atoms with van der Waals surface area (Å²) in [6.45, 7) is 0. The molecule has 0 aromatic heterocycles. The van der Waals surface area contributed by atoms with Crippen LogP contribution in [0.4, 0.5) is 11.4 Å². The van der Waals surface area contributed by atoms with Crippen molar-refractivity contribution >= 4 is 33.2 Å². The maximum absolute atomic E-state index is 12.2. The van der Waals surface area contributed by atoms with Gasteiger partial charge in [0.1, 0.15) is 5.69 Å². The third-order valence-corrected chi connectivity index (χ3v) is 5.46.